The van der Waals surface area contributed by atoms with Gasteiger partial charge in [-0.05, 0) is 44.1 Å². The summed E-state index contributed by atoms with van der Waals surface area (Å²) in [5, 5.41) is 12.4. The van der Waals surface area contributed by atoms with E-state index in [-0.39, 0.29) is 0 Å². The van der Waals surface area contributed by atoms with Gasteiger partial charge in [0.25, 0.3) is 0 Å². The van der Waals surface area contributed by atoms with Gasteiger partial charge in [-0.3, -0.25) is 9.98 Å². The fourth-order valence-electron chi connectivity index (χ4n) is 2.78. The van der Waals surface area contributed by atoms with Crippen LogP contribution in [-0.4, -0.2) is 22.6 Å². The third-order valence-electron chi connectivity index (χ3n) is 3.83. The summed E-state index contributed by atoms with van der Waals surface area (Å²) in [6.45, 7) is 5.79. The van der Waals surface area contributed by atoms with Crippen molar-refractivity contribution in [3.05, 3.63) is 41.0 Å². The van der Waals surface area contributed by atoms with Gasteiger partial charge in [-0.1, -0.05) is 18.2 Å². The topological polar surface area (TPSA) is 53.7 Å². The monoisotopic (exact) mass is 288 g/mol. The SMILES string of the molecule is C=Cn1c(=N)c(C2CCNCC2)nc2ccc(Cl)cc21. The molecule has 1 fully saturated rings. The number of aromatic nitrogens is 2. The predicted molar refractivity (Wildman–Crippen MR) is 81.8 cm³/mol. The maximum atomic E-state index is 8.40. The van der Waals surface area contributed by atoms with Crippen molar-refractivity contribution in [2.45, 2.75) is 18.8 Å². The lowest BCUT2D eigenvalue weighted by Gasteiger charge is -2.23. The van der Waals surface area contributed by atoms with Crippen molar-refractivity contribution >= 4 is 28.8 Å². The van der Waals surface area contributed by atoms with Crippen LogP contribution in [0.4, 0.5) is 0 Å². The van der Waals surface area contributed by atoms with E-state index < -0.39 is 0 Å². The molecule has 2 aromatic rings. The highest BCUT2D eigenvalue weighted by atomic mass is 35.5. The van der Waals surface area contributed by atoms with Crippen molar-refractivity contribution < 1.29 is 0 Å². The van der Waals surface area contributed by atoms with Crippen LogP contribution in [0.1, 0.15) is 24.5 Å². The average molecular weight is 289 g/mol. The van der Waals surface area contributed by atoms with Crippen LogP contribution in [0.5, 0.6) is 0 Å². The van der Waals surface area contributed by atoms with Crippen molar-refractivity contribution in [2.24, 2.45) is 0 Å². The summed E-state index contributed by atoms with van der Waals surface area (Å²) in [5.41, 5.74) is 2.97. The van der Waals surface area contributed by atoms with Gasteiger partial charge in [0.1, 0.15) is 0 Å². The number of piperidine rings is 1. The van der Waals surface area contributed by atoms with Gasteiger partial charge < -0.3 is 5.32 Å². The van der Waals surface area contributed by atoms with Crippen LogP contribution in [0, 0.1) is 5.41 Å². The Bertz CT molecular complexity index is 714. The third-order valence-corrected chi connectivity index (χ3v) is 4.06. The van der Waals surface area contributed by atoms with Crippen LogP contribution in [0.2, 0.25) is 5.02 Å². The minimum atomic E-state index is 0.343. The van der Waals surface area contributed by atoms with Crippen LogP contribution in [0.3, 0.4) is 0 Å². The Kier molecular flexibility index (Phi) is 3.59. The molecule has 1 aliphatic rings. The molecule has 1 aromatic heterocycles. The van der Waals surface area contributed by atoms with E-state index in [1.807, 2.05) is 18.2 Å². The molecule has 0 radical (unpaired) electrons. The summed E-state index contributed by atoms with van der Waals surface area (Å²) < 4.78 is 1.77. The van der Waals surface area contributed by atoms with E-state index in [9.17, 15) is 0 Å². The molecule has 104 valence electrons. The molecule has 0 spiro atoms. The predicted octanol–water partition coefficient (Wildman–Crippen LogP) is 2.74. The smallest absolute Gasteiger partial charge is 0.151 e. The minimum Gasteiger partial charge on any atom is -0.317 e. The number of hydrogen-bond acceptors (Lipinski definition) is 3. The summed E-state index contributed by atoms with van der Waals surface area (Å²) in [7, 11) is 0. The second kappa shape index (κ2) is 5.38. The number of nitrogens with zero attached hydrogens (tertiary/aromatic N) is 2. The number of benzene rings is 1. The molecule has 5 heteroatoms. The Balaban J connectivity index is 2.23. The summed E-state index contributed by atoms with van der Waals surface area (Å²) in [4.78, 5) is 4.71. The summed E-state index contributed by atoms with van der Waals surface area (Å²) in [6.07, 6.45) is 3.71. The number of fused-ring (bicyclic) bond motifs is 1. The van der Waals surface area contributed by atoms with Gasteiger partial charge in [0.15, 0.2) is 5.49 Å². The molecular formula is C15H17ClN4. The van der Waals surface area contributed by atoms with Crippen LogP contribution < -0.4 is 10.8 Å². The molecular weight excluding hydrogens is 272 g/mol. The molecule has 20 heavy (non-hydrogen) atoms. The van der Waals surface area contributed by atoms with Gasteiger partial charge in [-0.2, -0.15) is 0 Å². The van der Waals surface area contributed by atoms with Crippen LogP contribution in [0.15, 0.2) is 24.8 Å². The molecule has 1 saturated heterocycles. The molecule has 0 aliphatic carbocycles. The molecule has 1 aromatic carbocycles. The second-order valence-corrected chi connectivity index (χ2v) is 5.49. The fraction of sp³-hybridized carbons (Fsp3) is 0.333. The molecule has 0 atom stereocenters. The summed E-state index contributed by atoms with van der Waals surface area (Å²) in [6, 6.07) is 5.57. The van der Waals surface area contributed by atoms with Gasteiger partial charge in [-0.25, -0.2) is 4.98 Å². The summed E-state index contributed by atoms with van der Waals surface area (Å²) in [5.74, 6) is 0.343. The van der Waals surface area contributed by atoms with Crippen molar-refractivity contribution in [1.29, 1.82) is 5.41 Å². The Morgan fingerprint density at radius 2 is 2.15 bits per heavy atom. The molecule has 0 bridgehead atoms. The third kappa shape index (κ3) is 2.25. The largest absolute Gasteiger partial charge is 0.317 e. The number of nitrogens with one attached hydrogen (secondary N) is 2. The molecule has 2 N–H and O–H groups in total. The van der Waals surface area contributed by atoms with Gasteiger partial charge in [-0.15, -0.1) is 0 Å². The molecule has 0 amide bonds. The average Bonchev–Trinajstić information content (AvgIpc) is 2.48. The zero-order valence-corrected chi connectivity index (χ0v) is 12.0. The van der Waals surface area contributed by atoms with Crippen molar-refractivity contribution in [3.8, 4) is 0 Å². The number of hydrogen-bond donors (Lipinski definition) is 2. The Labute approximate surface area is 122 Å². The number of halogens is 1. The molecule has 3 rings (SSSR count). The standard InChI is InChI=1S/C15H17ClN4/c1-2-20-13-9-11(16)3-4-12(13)19-14(15(20)17)10-5-7-18-8-6-10/h2-4,9-10,17-18H,1,5-8H2. The molecule has 0 unspecified atom stereocenters. The van der Waals surface area contributed by atoms with Gasteiger partial charge in [0.2, 0.25) is 0 Å². The lowest BCUT2D eigenvalue weighted by Crippen LogP contribution is -2.32. The Morgan fingerprint density at radius 1 is 1.40 bits per heavy atom. The van der Waals surface area contributed by atoms with E-state index in [2.05, 4.69) is 11.9 Å². The first kappa shape index (κ1) is 13.3. The zero-order chi connectivity index (χ0) is 14.1. The first-order valence-electron chi connectivity index (χ1n) is 6.80. The first-order valence-corrected chi connectivity index (χ1v) is 7.18. The van der Waals surface area contributed by atoms with Crippen LogP contribution in [0.25, 0.3) is 17.2 Å². The van der Waals surface area contributed by atoms with Crippen molar-refractivity contribution in [3.63, 3.8) is 0 Å². The van der Waals surface area contributed by atoms with Crippen LogP contribution >= 0.6 is 11.6 Å². The van der Waals surface area contributed by atoms with Gasteiger partial charge >= 0.3 is 0 Å². The lowest BCUT2D eigenvalue weighted by molar-refractivity contribution is 0.449. The lowest BCUT2D eigenvalue weighted by atomic mass is 9.94. The van der Waals surface area contributed by atoms with E-state index in [0.29, 0.717) is 16.4 Å². The van der Waals surface area contributed by atoms with E-state index in [4.69, 9.17) is 22.0 Å². The molecule has 2 heterocycles. The quantitative estimate of drug-likeness (QED) is 0.893. The van der Waals surface area contributed by atoms with Crippen LogP contribution in [-0.2, 0) is 0 Å². The highest BCUT2D eigenvalue weighted by Gasteiger charge is 2.20. The van der Waals surface area contributed by atoms with Gasteiger partial charge in [0.05, 0.1) is 16.7 Å². The number of rotatable bonds is 2. The van der Waals surface area contributed by atoms with Crippen molar-refractivity contribution in [1.82, 2.24) is 14.9 Å². The highest BCUT2D eigenvalue weighted by Crippen LogP contribution is 2.24. The van der Waals surface area contributed by atoms with Gasteiger partial charge in [0, 0.05) is 17.1 Å². The first-order chi connectivity index (χ1) is 9.70. The van der Waals surface area contributed by atoms with E-state index >= 15 is 0 Å². The summed E-state index contributed by atoms with van der Waals surface area (Å²) >= 11 is 6.04. The van der Waals surface area contributed by atoms with Crippen molar-refractivity contribution in [2.75, 3.05) is 13.1 Å². The Hall–Kier alpha value is -1.65. The molecule has 0 saturated carbocycles. The maximum absolute atomic E-state index is 8.40. The minimum absolute atomic E-state index is 0.343. The van der Waals surface area contributed by atoms with E-state index in [0.717, 1.165) is 42.7 Å². The molecule has 1 aliphatic heterocycles. The van der Waals surface area contributed by atoms with E-state index in [1.54, 1.807) is 10.8 Å². The fourth-order valence-corrected chi connectivity index (χ4v) is 2.95. The zero-order valence-electron chi connectivity index (χ0n) is 11.2. The maximum Gasteiger partial charge on any atom is 0.151 e. The normalized spacial score (nSPS) is 16.4. The highest BCUT2D eigenvalue weighted by molar-refractivity contribution is 6.31. The second-order valence-electron chi connectivity index (χ2n) is 5.06. The van der Waals surface area contributed by atoms with E-state index in [1.165, 1.54) is 0 Å². The molecule has 4 nitrogen and oxygen atoms in total. The Morgan fingerprint density at radius 3 is 2.85 bits per heavy atom.